The fourth-order valence-corrected chi connectivity index (χ4v) is 2.58. The molecule has 6 heteroatoms. The van der Waals surface area contributed by atoms with Crippen LogP contribution in [-0.4, -0.2) is 12.0 Å². The summed E-state index contributed by atoms with van der Waals surface area (Å²) in [6.45, 7) is 5.93. The maximum atomic E-state index is 9.49. The molecule has 0 saturated heterocycles. The lowest BCUT2D eigenvalue weighted by atomic mass is 10.1. The lowest BCUT2D eigenvalue weighted by Gasteiger charge is -2.11. The zero-order valence-electron chi connectivity index (χ0n) is 17.6. The van der Waals surface area contributed by atoms with Crippen LogP contribution >= 0.6 is 0 Å². The van der Waals surface area contributed by atoms with E-state index in [0.717, 1.165) is 11.3 Å². The minimum absolute atomic E-state index is 0.404. The molecule has 4 N–H and O–H groups in total. The van der Waals surface area contributed by atoms with E-state index >= 15 is 0 Å². The molecule has 30 heavy (non-hydrogen) atoms. The molecule has 1 aromatic heterocycles. The number of nitrogens with zero attached hydrogens (tertiary/aromatic N) is 2. The summed E-state index contributed by atoms with van der Waals surface area (Å²) in [6.07, 6.45) is 3.14. The molecule has 0 atom stereocenters. The Balaban J connectivity index is 0.00000155. The van der Waals surface area contributed by atoms with Gasteiger partial charge in [0.15, 0.2) is 5.75 Å². The number of aryl methyl sites for hydroxylation is 1. The highest BCUT2D eigenvalue weighted by molar-refractivity contribution is 5.74. The van der Waals surface area contributed by atoms with E-state index < -0.39 is 0 Å². The van der Waals surface area contributed by atoms with Crippen molar-refractivity contribution in [2.75, 3.05) is 18.1 Å². The van der Waals surface area contributed by atoms with E-state index in [4.69, 9.17) is 10.6 Å². The van der Waals surface area contributed by atoms with Crippen molar-refractivity contribution in [3.8, 4) is 23.7 Å². The summed E-state index contributed by atoms with van der Waals surface area (Å²) >= 11 is 0. The number of nitrogen functional groups attached to an aromatic ring is 1. The Labute approximate surface area is 177 Å². The van der Waals surface area contributed by atoms with Crippen molar-refractivity contribution < 1.29 is 4.84 Å². The first-order chi connectivity index (χ1) is 14.6. The smallest absolute Gasteiger partial charge is 0.162 e. The van der Waals surface area contributed by atoms with Crippen molar-refractivity contribution >= 4 is 17.1 Å². The van der Waals surface area contributed by atoms with Crippen molar-refractivity contribution in [1.29, 1.82) is 5.26 Å². The topological polar surface area (TPSA) is 96.0 Å². The number of pyridine rings is 1. The number of rotatable bonds is 4. The van der Waals surface area contributed by atoms with Gasteiger partial charge in [-0.25, -0.2) is 0 Å². The molecule has 1 heterocycles. The van der Waals surface area contributed by atoms with Gasteiger partial charge in [-0.3, -0.25) is 4.98 Å². The first-order valence-corrected chi connectivity index (χ1v) is 9.58. The number of aromatic nitrogens is 1. The molecule has 0 unspecified atom stereocenters. The van der Waals surface area contributed by atoms with Gasteiger partial charge in [-0.2, -0.15) is 10.7 Å². The van der Waals surface area contributed by atoms with Gasteiger partial charge in [0.25, 0.3) is 0 Å². The van der Waals surface area contributed by atoms with Gasteiger partial charge >= 0.3 is 0 Å². The largest absolute Gasteiger partial charge is 0.408 e. The average molecular weight is 399 g/mol. The highest BCUT2D eigenvalue weighted by Gasteiger charge is 2.09. The van der Waals surface area contributed by atoms with Gasteiger partial charge in [-0.15, -0.1) is 0 Å². The second-order valence-electron chi connectivity index (χ2n) is 5.97. The van der Waals surface area contributed by atoms with Crippen LogP contribution in [0.4, 0.5) is 17.1 Å². The van der Waals surface area contributed by atoms with Gasteiger partial charge in [0.1, 0.15) is 6.07 Å². The van der Waals surface area contributed by atoms with Gasteiger partial charge in [0.2, 0.25) is 0 Å². The summed E-state index contributed by atoms with van der Waals surface area (Å²) < 4.78 is 0. The zero-order chi connectivity index (χ0) is 21.9. The first-order valence-electron chi connectivity index (χ1n) is 9.58. The molecule has 152 valence electrons. The van der Waals surface area contributed by atoms with Crippen LogP contribution in [0.5, 0.6) is 5.75 Å². The molecule has 0 aliphatic heterocycles. The number of para-hydroxylation sites is 1. The van der Waals surface area contributed by atoms with Crippen molar-refractivity contribution in [2.45, 2.75) is 20.8 Å². The predicted octanol–water partition coefficient (Wildman–Crippen LogP) is 4.53. The van der Waals surface area contributed by atoms with E-state index in [2.05, 4.69) is 33.7 Å². The second-order valence-corrected chi connectivity index (χ2v) is 5.97. The normalized spacial score (nSPS) is 9.30. The summed E-state index contributed by atoms with van der Waals surface area (Å²) in [5.41, 5.74) is 13.3. The number of nitrogens with two attached hydrogens (primary N) is 1. The molecule has 0 amide bonds. The minimum atomic E-state index is 0.404. The van der Waals surface area contributed by atoms with Crippen LogP contribution in [0, 0.1) is 30.1 Å². The summed E-state index contributed by atoms with van der Waals surface area (Å²) in [5.74, 6) is 6.79. The number of benzene rings is 2. The Morgan fingerprint density at radius 3 is 2.40 bits per heavy atom. The molecule has 3 aromatic rings. The van der Waals surface area contributed by atoms with Crippen LogP contribution in [0.2, 0.25) is 0 Å². The number of nitriles is 1. The number of hydroxylamine groups is 1. The maximum Gasteiger partial charge on any atom is 0.162 e. The molecule has 0 saturated carbocycles. The van der Waals surface area contributed by atoms with Gasteiger partial charge < -0.3 is 15.9 Å². The van der Waals surface area contributed by atoms with Gasteiger partial charge in [-0.1, -0.05) is 37.8 Å². The summed E-state index contributed by atoms with van der Waals surface area (Å²) in [5, 5.41) is 12.8. The second kappa shape index (κ2) is 11.1. The van der Waals surface area contributed by atoms with E-state index in [1.807, 2.05) is 63.2 Å². The molecule has 0 fully saturated rings. The lowest BCUT2D eigenvalue weighted by Crippen LogP contribution is -2.11. The molecular weight excluding hydrogens is 374 g/mol. The van der Waals surface area contributed by atoms with E-state index in [1.165, 1.54) is 6.20 Å². The van der Waals surface area contributed by atoms with E-state index in [9.17, 15) is 5.26 Å². The van der Waals surface area contributed by atoms with E-state index in [0.29, 0.717) is 33.8 Å². The van der Waals surface area contributed by atoms with Crippen molar-refractivity contribution in [1.82, 2.24) is 10.5 Å². The van der Waals surface area contributed by atoms with Crippen LogP contribution in [0.1, 0.15) is 36.1 Å². The number of hydrogen-bond donors (Lipinski definition) is 3. The number of hydrogen-bond acceptors (Lipinski definition) is 6. The van der Waals surface area contributed by atoms with Crippen molar-refractivity contribution in [2.24, 2.45) is 0 Å². The zero-order valence-corrected chi connectivity index (χ0v) is 17.6. The Kier molecular flexibility index (Phi) is 8.26. The number of nitrogens with one attached hydrogen (secondary N) is 2. The summed E-state index contributed by atoms with van der Waals surface area (Å²) in [6, 6.07) is 15.2. The van der Waals surface area contributed by atoms with E-state index in [-0.39, 0.29) is 0 Å². The third-order valence-corrected chi connectivity index (χ3v) is 4.04. The Bertz CT molecular complexity index is 1110. The van der Waals surface area contributed by atoms with Crippen LogP contribution in [0.15, 0.2) is 54.9 Å². The Morgan fingerprint density at radius 2 is 1.70 bits per heavy atom. The molecular formula is C24H25N5O. The fraction of sp³-hybridized carbons (Fsp3) is 0.167. The average Bonchev–Trinajstić information content (AvgIpc) is 2.78. The minimum Gasteiger partial charge on any atom is -0.408 e. The molecule has 3 rings (SSSR count). The molecule has 0 aliphatic rings. The molecule has 0 spiro atoms. The highest BCUT2D eigenvalue weighted by atomic mass is 16.6. The third kappa shape index (κ3) is 5.51. The molecule has 6 nitrogen and oxygen atoms in total. The Hall–Kier alpha value is -4.00. The summed E-state index contributed by atoms with van der Waals surface area (Å²) in [4.78, 5) is 9.50. The van der Waals surface area contributed by atoms with Crippen LogP contribution in [0.3, 0.4) is 0 Å². The standard InChI is InChI=1S/C22H19N5O.C2H6/c1-15-11-19(9-10-20(15)24)27-22-17(13-26-14-18(22)12-23)8-7-16-5-3-4-6-21(16)28-25-2;1-2/h3-6,9-11,13-14,25H,24H2,1-2H3,(H,26,27);1-2H3. The van der Waals surface area contributed by atoms with Gasteiger partial charge in [-0.05, 0) is 42.8 Å². The Morgan fingerprint density at radius 1 is 1.00 bits per heavy atom. The molecule has 2 aromatic carbocycles. The van der Waals surface area contributed by atoms with Crippen LogP contribution < -0.4 is 21.4 Å². The summed E-state index contributed by atoms with van der Waals surface area (Å²) in [7, 11) is 1.68. The molecule has 0 radical (unpaired) electrons. The SMILES string of the molecule is CC.CNOc1ccccc1C#Cc1cncc(C#N)c1Nc1ccc(N)c(C)c1. The van der Waals surface area contributed by atoms with E-state index in [1.54, 1.807) is 13.2 Å². The monoisotopic (exact) mass is 399 g/mol. The fourth-order valence-electron chi connectivity index (χ4n) is 2.58. The highest BCUT2D eigenvalue weighted by Crippen LogP contribution is 2.26. The van der Waals surface area contributed by atoms with Gasteiger partial charge in [0, 0.05) is 30.8 Å². The first kappa shape index (κ1) is 22.3. The molecule has 0 bridgehead atoms. The predicted molar refractivity (Wildman–Crippen MR) is 121 cm³/mol. The van der Waals surface area contributed by atoms with Crippen molar-refractivity contribution in [3.05, 3.63) is 77.1 Å². The number of anilines is 3. The quantitative estimate of drug-likeness (QED) is 0.339. The maximum absolute atomic E-state index is 9.49. The van der Waals surface area contributed by atoms with Gasteiger partial charge in [0.05, 0.1) is 22.4 Å². The lowest BCUT2D eigenvalue weighted by molar-refractivity contribution is 0.223. The third-order valence-electron chi connectivity index (χ3n) is 4.04. The molecule has 0 aliphatic carbocycles. The van der Waals surface area contributed by atoms with Crippen LogP contribution in [0.25, 0.3) is 0 Å². The van der Waals surface area contributed by atoms with Crippen molar-refractivity contribution in [3.63, 3.8) is 0 Å². The van der Waals surface area contributed by atoms with Crippen LogP contribution in [-0.2, 0) is 0 Å².